The van der Waals surface area contributed by atoms with Crippen molar-refractivity contribution in [3.8, 4) is 28.8 Å². The molecule has 5 heteroatoms. The first-order chi connectivity index (χ1) is 9.12. The van der Waals surface area contributed by atoms with E-state index in [9.17, 15) is 0 Å². The Morgan fingerprint density at radius 1 is 1.21 bits per heavy atom. The molecule has 0 fully saturated rings. The molecule has 1 aromatic heterocycles. The third kappa shape index (κ3) is 2.13. The van der Waals surface area contributed by atoms with E-state index >= 15 is 0 Å². The Morgan fingerprint density at radius 2 is 1.95 bits per heavy atom. The van der Waals surface area contributed by atoms with E-state index in [2.05, 4.69) is 16.0 Å². The first kappa shape index (κ1) is 13.0. The summed E-state index contributed by atoms with van der Waals surface area (Å²) in [4.78, 5) is 7.25. The number of H-pyrrole nitrogens is 1. The van der Waals surface area contributed by atoms with Gasteiger partial charge in [0.1, 0.15) is 23.4 Å². The molecular weight excluding hydrogens is 242 g/mol. The van der Waals surface area contributed by atoms with Gasteiger partial charge in [-0.3, -0.25) is 0 Å². The van der Waals surface area contributed by atoms with Crippen molar-refractivity contribution < 1.29 is 9.47 Å². The highest BCUT2D eigenvalue weighted by Gasteiger charge is 2.18. The molecule has 0 saturated carbocycles. The number of aromatic nitrogens is 2. The number of hydrogen-bond donors (Lipinski definition) is 1. The highest BCUT2D eigenvalue weighted by molar-refractivity contribution is 5.74. The summed E-state index contributed by atoms with van der Waals surface area (Å²) in [6, 6.07) is 5.80. The van der Waals surface area contributed by atoms with E-state index in [-0.39, 0.29) is 0 Å². The van der Waals surface area contributed by atoms with E-state index in [0.29, 0.717) is 23.0 Å². The highest BCUT2D eigenvalue weighted by Crippen LogP contribution is 2.38. The van der Waals surface area contributed by atoms with Crippen molar-refractivity contribution in [3.05, 3.63) is 29.2 Å². The molecule has 0 aliphatic heterocycles. The molecule has 0 unspecified atom stereocenters. The molecule has 0 bridgehead atoms. The average Bonchev–Trinajstić information content (AvgIpc) is 2.79. The summed E-state index contributed by atoms with van der Waals surface area (Å²) in [7, 11) is 3.21. The van der Waals surface area contributed by atoms with Crippen LogP contribution in [0.3, 0.4) is 0 Å². The van der Waals surface area contributed by atoms with E-state index in [1.54, 1.807) is 14.2 Å². The molecule has 0 atom stereocenters. The molecule has 0 spiro atoms. The van der Waals surface area contributed by atoms with Gasteiger partial charge in [0.2, 0.25) is 0 Å². The van der Waals surface area contributed by atoms with E-state index in [4.69, 9.17) is 14.7 Å². The minimum Gasteiger partial charge on any atom is -0.496 e. The topological polar surface area (TPSA) is 70.9 Å². The minimum atomic E-state index is 0.361. The van der Waals surface area contributed by atoms with Crippen molar-refractivity contribution in [2.45, 2.75) is 13.8 Å². The third-order valence-corrected chi connectivity index (χ3v) is 2.98. The van der Waals surface area contributed by atoms with Gasteiger partial charge in [-0.1, -0.05) is 0 Å². The molecular formula is C14H15N3O2. The molecule has 1 N–H and O–H groups in total. The Labute approximate surface area is 111 Å². The lowest BCUT2D eigenvalue weighted by Gasteiger charge is -2.13. The van der Waals surface area contributed by atoms with Gasteiger partial charge in [0, 0.05) is 11.1 Å². The standard InChI is InChI=1S/C14H15N3O2/c1-8-12(18-3)6-5-10(14(8)19-4)13-11(7-15)16-9(2)17-13/h5-6H,1-4H3,(H,16,17). The highest BCUT2D eigenvalue weighted by atomic mass is 16.5. The molecule has 5 nitrogen and oxygen atoms in total. The fourth-order valence-corrected chi connectivity index (χ4v) is 2.12. The second kappa shape index (κ2) is 5.02. The monoisotopic (exact) mass is 257 g/mol. The fraction of sp³-hybridized carbons (Fsp3) is 0.286. The molecule has 0 amide bonds. The zero-order valence-electron chi connectivity index (χ0n) is 11.4. The molecule has 2 aromatic rings. The summed E-state index contributed by atoms with van der Waals surface area (Å²) in [5.41, 5.74) is 2.72. The van der Waals surface area contributed by atoms with Crippen LogP contribution in [-0.2, 0) is 0 Å². The summed E-state index contributed by atoms with van der Waals surface area (Å²) in [5, 5.41) is 9.13. The number of nitrogens with zero attached hydrogens (tertiary/aromatic N) is 2. The Hall–Kier alpha value is -2.48. The third-order valence-electron chi connectivity index (χ3n) is 2.98. The van der Waals surface area contributed by atoms with Gasteiger partial charge < -0.3 is 14.5 Å². The molecule has 1 heterocycles. The molecule has 0 aliphatic rings. The van der Waals surface area contributed by atoms with Crippen LogP contribution in [0.4, 0.5) is 0 Å². The number of nitrogens with one attached hydrogen (secondary N) is 1. The fourth-order valence-electron chi connectivity index (χ4n) is 2.12. The lowest BCUT2D eigenvalue weighted by Crippen LogP contribution is -1.96. The van der Waals surface area contributed by atoms with Crippen LogP contribution in [0.25, 0.3) is 11.3 Å². The van der Waals surface area contributed by atoms with Crippen LogP contribution in [0.2, 0.25) is 0 Å². The van der Waals surface area contributed by atoms with Crippen LogP contribution in [0.15, 0.2) is 12.1 Å². The number of benzene rings is 1. The smallest absolute Gasteiger partial charge is 0.166 e. The maximum Gasteiger partial charge on any atom is 0.166 e. The maximum absolute atomic E-state index is 9.13. The number of imidazole rings is 1. The number of hydrogen-bond acceptors (Lipinski definition) is 4. The normalized spacial score (nSPS) is 10.1. The molecule has 19 heavy (non-hydrogen) atoms. The molecule has 0 saturated heterocycles. The van der Waals surface area contributed by atoms with Crippen molar-refractivity contribution in [1.82, 2.24) is 9.97 Å². The first-order valence-electron chi connectivity index (χ1n) is 5.81. The lowest BCUT2D eigenvalue weighted by molar-refractivity contribution is 0.390. The molecule has 0 radical (unpaired) electrons. The zero-order chi connectivity index (χ0) is 14.0. The number of aromatic amines is 1. The van der Waals surface area contributed by atoms with Crippen molar-refractivity contribution in [3.63, 3.8) is 0 Å². The summed E-state index contributed by atoms with van der Waals surface area (Å²) in [5.74, 6) is 2.12. The Bertz CT molecular complexity index is 653. The first-order valence-corrected chi connectivity index (χ1v) is 5.81. The van der Waals surface area contributed by atoms with E-state index < -0.39 is 0 Å². The van der Waals surface area contributed by atoms with Gasteiger partial charge in [0.05, 0.1) is 19.9 Å². The van der Waals surface area contributed by atoms with Gasteiger partial charge in [-0.15, -0.1) is 0 Å². The summed E-state index contributed by atoms with van der Waals surface area (Å²) in [6.45, 7) is 3.73. The van der Waals surface area contributed by atoms with Crippen molar-refractivity contribution in [2.24, 2.45) is 0 Å². The zero-order valence-corrected chi connectivity index (χ0v) is 11.4. The van der Waals surface area contributed by atoms with Crippen LogP contribution >= 0.6 is 0 Å². The van der Waals surface area contributed by atoms with E-state index in [0.717, 1.165) is 16.9 Å². The predicted octanol–water partition coefficient (Wildman–Crippen LogP) is 2.58. The molecule has 1 aromatic carbocycles. The lowest BCUT2D eigenvalue weighted by atomic mass is 10.0. The van der Waals surface area contributed by atoms with Gasteiger partial charge in [-0.25, -0.2) is 4.98 Å². The Balaban J connectivity index is 2.69. The number of aryl methyl sites for hydroxylation is 1. The Kier molecular flexibility index (Phi) is 3.43. The van der Waals surface area contributed by atoms with Crippen LogP contribution in [0.5, 0.6) is 11.5 Å². The number of rotatable bonds is 3. The number of ether oxygens (including phenoxy) is 2. The van der Waals surface area contributed by atoms with Crippen LogP contribution in [0, 0.1) is 25.2 Å². The minimum absolute atomic E-state index is 0.361. The van der Waals surface area contributed by atoms with Crippen LogP contribution < -0.4 is 9.47 Å². The second-order valence-corrected chi connectivity index (χ2v) is 4.13. The molecule has 2 rings (SSSR count). The van der Waals surface area contributed by atoms with Gasteiger partial charge in [0.15, 0.2) is 5.69 Å². The van der Waals surface area contributed by atoms with E-state index in [1.165, 1.54) is 0 Å². The van der Waals surface area contributed by atoms with Crippen LogP contribution in [0.1, 0.15) is 17.1 Å². The molecule has 98 valence electrons. The van der Waals surface area contributed by atoms with Crippen molar-refractivity contribution >= 4 is 0 Å². The number of methoxy groups -OCH3 is 2. The van der Waals surface area contributed by atoms with Crippen molar-refractivity contribution in [1.29, 1.82) is 5.26 Å². The van der Waals surface area contributed by atoms with Crippen molar-refractivity contribution in [2.75, 3.05) is 14.2 Å². The maximum atomic E-state index is 9.13. The quantitative estimate of drug-likeness (QED) is 0.917. The second-order valence-electron chi connectivity index (χ2n) is 4.13. The van der Waals surface area contributed by atoms with Gasteiger partial charge >= 0.3 is 0 Å². The van der Waals surface area contributed by atoms with Gasteiger partial charge in [0.25, 0.3) is 0 Å². The Morgan fingerprint density at radius 3 is 2.53 bits per heavy atom. The predicted molar refractivity (Wildman–Crippen MR) is 71.3 cm³/mol. The van der Waals surface area contributed by atoms with Gasteiger partial charge in [-0.2, -0.15) is 5.26 Å². The summed E-state index contributed by atoms with van der Waals surface area (Å²) in [6.07, 6.45) is 0. The van der Waals surface area contributed by atoms with Crippen LogP contribution in [-0.4, -0.2) is 24.2 Å². The number of nitriles is 1. The summed E-state index contributed by atoms with van der Waals surface area (Å²) < 4.78 is 10.7. The molecule has 0 aliphatic carbocycles. The SMILES string of the molecule is COc1ccc(-c2[nH]c(C)nc2C#N)c(OC)c1C. The summed E-state index contributed by atoms with van der Waals surface area (Å²) >= 11 is 0. The van der Waals surface area contributed by atoms with Gasteiger partial charge in [-0.05, 0) is 26.0 Å². The van der Waals surface area contributed by atoms with E-state index in [1.807, 2.05) is 26.0 Å². The largest absolute Gasteiger partial charge is 0.496 e. The average molecular weight is 257 g/mol.